The Morgan fingerprint density at radius 1 is 0.917 bits per heavy atom. The van der Waals surface area contributed by atoms with Gasteiger partial charge in [-0.15, -0.1) is 0 Å². The second kappa shape index (κ2) is 7.06. The van der Waals surface area contributed by atoms with Gasteiger partial charge in [-0.25, -0.2) is 0 Å². The smallest absolute Gasteiger partial charge is 0.0614 e. The van der Waals surface area contributed by atoms with Crippen LogP contribution in [0.15, 0.2) is 48.5 Å². The Bertz CT molecular complexity index is 646. The summed E-state index contributed by atoms with van der Waals surface area (Å²) in [6.45, 7) is 3.03. The van der Waals surface area contributed by atoms with Crippen LogP contribution in [0.2, 0.25) is 0 Å². The Morgan fingerprint density at radius 3 is 2.08 bits per heavy atom. The summed E-state index contributed by atoms with van der Waals surface area (Å²) in [5, 5.41) is 8.88. The Morgan fingerprint density at radius 2 is 1.50 bits per heavy atom. The van der Waals surface area contributed by atoms with Crippen LogP contribution in [0.3, 0.4) is 0 Å². The number of hydrogen-bond acceptors (Lipinski definition) is 3. The number of likely N-dealkylation sites (tertiary alicyclic amines) is 1. The maximum Gasteiger partial charge on any atom is 0.0614 e. The molecule has 126 valence electrons. The van der Waals surface area contributed by atoms with Crippen LogP contribution >= 0.6 is 0 Å². The van der Waals surface area contributed by atoms with Crippen molar-refractivity contribution in [3.8, 4) is 11.1 Å². The average Bonchev–Trinajstić information content (AvgIpc) is 2.97. The van der Waals surface area contributed by atoms with Gasteiger partial charge in [-0.05, 0) is 41.5 Å². The van der Waals surface area contributed by atoms with E-state index in [2.05, 4.69) is 53.4 Å². The summed E-state index contributed by atoms with van der Waals surface area (Å²) < 4.78 is 5.89. The molecule has 0 atom stereocenters. The molecule has 0 unspecified atom stereocenters. The Balaban J connectivity index is 1.51. The van der Waals surface area contributed by atoms with Crippen molar-refractivity contribution in [2.75, 3.05) is 26.3 Å². The van der Waals surface area contributed by atoms with Crippen molar-refractivity contribution in [2.45, 2.75) is 31.4 Å². The van der Waals surface area contributed by atoms with Crippen molar-refractivity contribution >= 4 is 0 Å². The lowest BCUT2D eigenvalue weighted by Crippen LogP contribution is -2.39. The molecule has 0 aromatic heterocycles. The Labute approximate surface area is 143 Å². The number of benzene rings is 2. The van der Waals surface area contributed by atoms with Gasteiger partial charge in [0.15, 0.2) is 0 Å². The first kappa shape index (κ1) is 15.8. The van der Waals surface area contributed by atoms with E-state index >= 15 is 0 Å². The van der Waals surface area contributed by atoms with Crippen LogP contribution in [0.25, 0.3) is 11.1 Å². The van der Waals surface area contributed by atoms with Crippen LogP contribution in [-0.2, 0) is 4.74 Å². The van der Waals surface area contributed by atoms with Gasteiger partial charge >= 0.3 is 0 Å². The van der Waals surface area contributed by atoms with Gasteiger partial charge in [-0.3, -0.25) is 4.90 Å². The number of hydrogen-bond donors (Lipinski definition) is 1. The molecule has 3 heteroatoms. The highest BCUT2D eigenvalue weighted by Crippen LogP contribution is 2.46. The molecule has 0 spiro atoms. The molecule has 1 aliphatic carbocycles. The van der Waals surface area contributed by atoms with Crippen molar-refractivity contribution in [3.63, 3.8) is 0 Å². The average molecular weight is 323 g/mol. The number of aliphatic hydroxyl groups is 1. The number of ether oxygens (including phenoxy) is 1. The van der Waals surface area contributed by atoms with Crippen molar-refractivity contribution < 1.29 is 9.84 Å². The molecule has 24 heavy (non-hydrogen) atoms. The largest absolute Gasteiger partial charge is 0.396 e. The van der Waals surface area contributed by atoms with Crippen molar-refractivity contribution in [2.24, 2.45) is 0 Å². The number of fused-ring (bicyclic) bond motifs is 3. The molecule has 1 N–H and O–H groups in total. The molecule has 0 bridgehead atoms. The molecule has 2 aromatic rings. The summed E-state index contributed by atoms with van der Waals surface area (Å²) in [5.74, 6) is 0. The molecular weight excluding hydrogens is 298 g/mol. The standard InChI is InChI=1S/C21H25NO2/c23-14-5-15-24-16-10-12-22(13-11-16)21-19-8-3-1-6-17(19)18-7-2-4-9-20(18)21/h1-4,6-9,16,21,23H,5,10-15H2. The normalized spacial score (nSPS) is 18.5. The fraction of sp³-hybridized carbons (Fsp3) is 0.429. The molecule has 0 saturated carbocycles. The highest BCUT2D eigenvalue weighted by atomic mass is 16.5. The molecule has 2 aliphatic rings. The first-order valence-corrected chi connectivity index (χ1v) is 9.03. The van der Waals surface area contributed by atoms with Gasteiger partial charge in [0, 0.05) is 26.3 Å². The van der Waals surface area contributed by atoms with Crippen LogP contribution in [-0.4, -0.2) is 42.4 Å². The molecule has 2 aromatic carbocycles. The van der Waals surface area contributed by atoms with E-state index in [1.165, 1.54) is 22.3 Å². The van der Waals surface area contributed by atoms with Gasteiger partial charge in [0.1, 0.15) is 0 Å². The van der Waals surface area contributed by atoms with E-state index in [1.54, 1.807) is 0 Å². The van der Waals surface area contributed by atoms with Gasteiger partial charge in [0.05, 0.1) is 12.1 Å². The van der Waals surface area contributed by atoms with E-state index in [9.17, 15) is 0 Å². The zero-order valence-corrected chi connectivity index (χ0v) is 14.0. The number of rotatable bonds is 5. The minimum absolute atomic E-state index is 0.217. The molecule has 3 nitrogen and oxygen atoms in total. The van der Waals surface area contributed by atoms with Crippen LogP contribution in [0.5, 0.6) is 0 Å². The maximum atomic E-state index is 8.88. The van der Waals surface area contributed by atoms with E-state index in [0.717, 1.165) is 32.4 Å². The second-order valence-corrected chi connectivity index (χ2v) is 6.76. The van der Waals surface area contributed by atoms with Crippen LogP contribution < -0.4 is 0 Å². The van der Waals surface area contributed by atoms with Crippen LogP contribution in [0, 0.1) is 0 Å². The zero-order chi connectivity index (χ0) is 16.4. The van der Waals surface area contributed by atoms with Gasteiger partial charge in [-0.2, -0.15) is 0 Å². The Hall–Kier alpha value is -1.68. The summed E-state index contributed by atoms with van der Waals surface area (Å²) >= 11 is 0. The van der Waals surface area contributed by atoms with E-state index in [0.29, 0.717) is 18.8 Å². The third-order valence-corrected chi connectivity index (χ3v) is 5.30. The van der Waals surface area contributed by atoms with Gasteiger partial charge < -0.3 is 9.84 Å². The second-order valence-electron chi connectivity index (χ2n) is 6.76. The van der Waals surface area contributed by atoms with Crippen molar-refractivity contribution in [3.05, 3.63) is 59.7 Å². The first-order valence-electron chi connectivity index (χ1n) is 9.03. The summed E-state index contributed by atoms with van der Waals surface area (Å²) in [6, 6.07) is 18.0. The molecule has 1 heterocycles. The lowest BCUT2D eigenvalue weighted by molar-refractivity contribution is -0.00305. The minimum Gasteiger partial charge on any atom is -0.396 e. The number of nitrogens with zero attached hydrogens (tertiary/aromatic N) is 1. The molecule has 4 rings (SSSR count). The highest BCUT2D eigenvalue weighted by molar-refractivity contribution is 5.78. The molecule has 0 amide bonds. The van der Waals surface area contributed by atoms with Gasteiger partial charge in [0.2, 0.25) is 0 Å². The van der Waals surface area contributed by atoms with Gasteiger partial charge in [0.25, 0.3) is 0 Å². The van der Waals surface area contributed by atoms with Crippen LogP contribution in [0.1, 0.15) is 36.4 Å². The lowest BCUT2D eigenvalue weighted by atomic mass is 9.99. The van der Waals surface area contributed by atoms with Crippen LogP contribution in [0.4, 0.5) is 0 Å². The number of piperidine rings is 1. The minimum atomic E-state index is 0.217. The van der Waals surface area contributed by atoms with E-state index in [4.69, 9.17) is 9.84 Å². The summed E-state index contributed by atoms with van der Waals surface area (Å²) in [7, 11) is 0. The fourth-order valence-electron chi connectivity index (χ4n) is 4.14. The van der Waals surface area contributed by atoms with Crippen molar-refractivity contribution in [1.82, 2.24) is 4.90 Å². The number of aliphatic hydroxyl groups excluding tert-OH is 1. The predicted molar refractivity (Wildman–Crippen MR) is 96.0 cm³/mol. The summed E-state index contributed by atoms with van der Waals surface area (Å²) in [4.78, 5) is 2.61. The molecule has 1 fully saturated rings. The SMILES string of the molecule is OCCCOC1CCN(C2c3ccccc3-c3ccccc32)CC1. The maximum absolute atomic E-state index is 8.88. The molecule has 1 aliphatic heterocycles. The third-order valence-electron chi connectivity index (χ3n) is 5.30. The quantitative estimate of drug-likeness (QED) is 0.853. The monoisotopic (exact) mass is 323 g/mol. The lowest BCUT2D eigenvalue weighted by Gasteiger charge is -2.36. The van der Waals surface area contributed by atoms with E-state index < -0.39 is 0 Å². The molecule has 1 saturated heterocycles. The van der Waals surface area contributed by atoms with Gasteiger partial charge in [-0.1, -0.05) is 48.5 Å². The molecule has 0 radical (unpaired) electrons. The Kier molecular flexibility index (Phi) is 4.65. The highest BCUT2D eigenvalue weighted by Gasteiger charge is 2.34. The third kappa shape index (κ3) is 2.88. The molecular formula is C21H25NO2. The summed E-state index contributed by atoms with van der Waals surface area (Å²) in [5.41, 5.74) is 5.66. The van der Waals surface area contributed by atoms with E-state index in [1.807, 2.05) is 0 Å². The van der Waals surface area contributed by atoms with E-state index in [-0.39, 0.29) is 6.61 Å². The predicted octanol–water partition coefficient (Wildman–Crippen LogP) is 3.62. The fourth-order valence-corrected chi connectivity index (χ4v) is 4.14. The summed E-state index contributed by atoms with van der Waals surface area (Å²) in [6.07, 6.45) is 3.24. The first-order chi connectivity index (χ1) is 11.9. The van der Waals surface area contributed by atoms with Crippen molar-refractivity contribution in [1.29, 1.82) is 0 Å². The topological polar surface area (TPSA) is 32.7 Å². The zero-order valence-electron chi connectivity index (χ0n) is 14.0.